The Hall–Kier alpha value is -1.22. The lowest BCUT2D eigenvalue weighted by Crippen LogP contribution is -2.08. The van der Waals surface area contributed by atoms with Crippen molar-refractivity contribution in [3.8, 4) is 0 Å². The summed E-state index contributed by atoms with van der Waals surface area (Å²) in [5.41, 5.74) is 0.826. The first kappa shape index (κ1) is 10.9. The number of benzene rings is 1. The van der Waals surface area contributed by atoms with E-state index in [1.54, 1.807) is 6.08 Å². The van der Waals surface area contributed by atoms with Crippen LogP contribution >= 0.6 is 11.8 Å². The Labute approximate surface area is 87.6 Å². The number of carboxylic acids is 1. The molecule has 0 aliphatic rings. The van der Waals surface area contributed by atoms with Gasteiger partial charge in [-0.05, 0) is 5.56 Å². The van der Waals surface area contributed by atoms with Gasteiger partial charge in [0.2, 0.25) is 0 Å². The van der Waals surface area contributed by atoms with E-state index in [0.717, 1.165) is 5.56 Å². The van der Waals surface area contributed by atoms with Gasteiger partial charge in [0.1, 0.15) is 5.25 Å². The summed E-state index contributed by atoms with van der Waals surface area (Å²) in [5, 5.41) is 8.51. The molecule has 0 radical (unpaired) electrons. The van der Waals surface area contributed by atoms with Crippen LogP contribution in [-0.4, -0.2) is 16.8 Å². The van der Waals surface area contributed by atoms with E-state index in [0.29, 0.717) is 5.75 Å². The molecule has 0 bridgehead atoms. The monoisotopic (exact) mass is 208 g/mol. The molecular formula is C11H12O2S. The van der Waals surface area contributed by atoms with Crippen LogP contribution in [0.5, 0.6) is 0 Å². The fraction of sp³-hybridized carbons (Fsp3) is 0.182. The van der Waals surface area contributed by atoms with Crippen LogP contribution < -0.4 is 0 Å². The predicted octanol–water partition coefficient (Wildman–Crippen LogP) is 2.73. The summed E-state index contributed by atoms with van der Waals surface area (Å²) in [7, 11) is 0. The maximum atomic E-state index is 11.0. The normalized spacial score (nSPS) is 12.0. The van der Waals surface area contributed by atoms with Crippen LogP contribution in [0.1, 0.15) is 10.8 Å². The van der Waals surface area contributed by atoms with Crippen LogP contribution in [0.4, 0.5) is 0 Å². The van der Waals surface area contributed by atoms with Gasteiger partial charge in [-0.1, -0.05) is 36.4 Å². The summed E-state index contributed by atoms with van der Waals surface area (Å²) in [6.45, 7) is 3.57. The smallest absolute Gasteiger partial charge is 0.321 e. The molecule has 0 amide bonds. The molecule has 2 nitrogen and oxygen atoms in total. The van der Waals surface area contributed by atoms with E-state index in [-0.39, 0.29) is 0 Å². The highest BCUT2D eigenvalue weighted by atomic mass is 32.2. The van der Waals surface area contributed by atoms with Crippen molar-refractivity contribution in [2.45, 2.75) is 5.25 Å². The van der Waals surface area contributed by atoms with Gasteiger partial charge in [0.25, 0.3) is 0 Å². The average Bonchev–Trinajstić information content (AvgIpc) is 2.19. The van der Waals surface area contributed by atoms with Crippen molar-refractivity contribution >= 4 is 17.7 Å². The second-order valence-corrected chi connectivity index (χ2v) is 3.89. The minimum atomic E-state index is -0.803. The zero-order valence-electron chi connectivity index (χ0n) is 7.72. The van der Waals surface area contributed by atoms with Gasteiger partial charge in [0.05, 0.1) is 0 Å². The molecule has 0 saturated heterocycles. The van der Waals surface area contributed by atoms with Crippen LogP contribution in [0.3, 0.4) is 0 Å². The van der Waals surface area contributed by atoms with Crippen LogP contribution in [0.25, 0.3) is 0 Å². The largest absolute Gasteiger partial charge is 0.480 e. The molecule has 0 fully saturated rings. The summed E-state index contributed by atoms with van der Waals surface area (Å²) >= 11 is 1.37. The van der Waals surface area contributed by atoms with Crippen molar-refractivity contribution in [1.29, 1.82) is 0 Å². The lowest BCUT2D eigenvalue weighted by atomic mass is 10.1. The standard InChI is InChI=1S/C11H12O2S/c1-2-8-14-10(11(12)13)9-6-4-3-5-7-9/h2-7,10H,1,8H2,(H,12,13)/t10-/m1/s1. The SMILES string of the molecule is C=CCS[C@@H](C(=O)O)c1ccccc1. The number of carboxylic acid groups (broad SMARTS) is 1. The molecule has 0 spiro atoms. The summed E-state index contributed by atoms with van der Waals surface area (Å²) in [4.78, 5) is 11.0. The maximum Gasteiger partial charge on any atom is 0.321 e. The summed E-state index contributed by atoms with van der Waals surface area (Å²) < 4.78 is 0. The van der Waals surface area contributed by atoms with Crippen LogP contribution in [0, 0.1) is 0 Å². The van der Waals surface area contributed by atoms with E-state index in [9.17, 15) is 4.79 Å². The molecule has 0 aliphatic carbocycles. The van der Waals surface area contributed by atoms with Crippen molar-refractivity contribution in [3.05, 3.63) is 48.6 Å². The van der Waals surface area contributed by atoms with E-state index in [1.807, 2.05) is 30.3 Å². The zero-order chi connectivity index (χ0) is 10.4. The molecule has 1 aromatic carbocycles. The molecule has 0 heterocycles. The Kier molecular flexibility index (Phi) is 4.26. The molecular weight excluding hydrogens is 196 g/mol. The second kappa shape index (κ2) is 5.50. The molecule has 0 aliphatic heterocycles. The third kappa shape index (κ3) is 2.92. The van der Waals surface area contributed by atoms with Crippen LogP contribution in [-0.2, 0) is 4.79 Å². The lowest BCUT2D eigenvalue weighted by molar-refractivity contribution is -0.136. The number of hydrogen-bond donors (Lipinski definition) is 1. The number of thioether (sulfide) groups is 1. The molecule has 1 N–H and O–H groups in total. The first-order valence-corrected chi connectivity index (χ1v) is 5.31. The Bertz CT molecular complexity index is 308. The van der Waals surface area contributed by atoms with Gasteiger partial charge < -0.3 is 5.11 Å². The fourth-order valence-electron chi connectivity index (χ4n) is 1.10. The van der Waals surface area contributed by atoms with E-state index in [1.165, 1.54) is 11.8 Å². The minimum absolute atomic E-state index is 0.491. The van der Waals surface area contributed by atoms with Gasteiger partial charge in [-0.3, -0.25) is 4.79 Å². The fourth-order valence-corrected chi connectivity index (χ4v) is 1.92. The van der Waals surface area contributed by atoms with Crippen LogP contribution in [0.15, 0.2) is 43.0 Å². The summed E-state index contributed by atoms with van der Waals surface area (Å²) in [6.07, 6.45) is 1.71. The lowest BCUT2D eigenvalue weighted by Gasteiger charge is -2.10. The first-order valence-electron chi connectivity index (χ1n) is 4.26. The first-order chi connectivity index (χ1) is 6.75. The minimum Gasteiger partial charge on any atom is -0.480 e. The molecule has 0 aromatic heterocycles. The van der Waals surface area contributed by atoms with E-state index >= 15 is 0 Å². The van der Waals surface area contributed by atoms with Crippen molar-refractivity contribution in [2.24, 2.45) is 0 Å². The van der Waals surface area contributed by atoms with E-state index < -0.39 is 11.2 Å². The predicted molar refractivity (Wildman–Crippen MR) is 59.5 cm³/mol. The maximum absolute atomic E-state index is 11.0. The molecule has 74 valence electrons. The van der Waals surface area contributed by atoms with Crippen molar-refractivity contribution < 1.29 is 9.90 Å². The molecule has 0 unspecified atom stereocenters. The van der Waals surface area contributed by atoms with Gasteiger partial charge in [-0.15, -0.1) is 18.3 Å². The Balaban J connectivity index is 2.78. The highest BCUT2D eigenvalue weighted by Gasteiger charge is 2.18. The van der Waals surface area contributed by atoms with Crippen molar-refractivity contribution in [2.75, 3.05) is 5.75 Å². The molecule has 0 saturated carbocycles. The molecule has 1 atom stereocenters. The molecule has 1 rings (SSSR count). The van der Waals surface area contributed by atoms with E-state index in [2.05, 4.69) is 6.58 Å². The number of hydrogen-bond acceptors (Lipinski definition) is 2. The topological polar surface area (TPSA) is 37.3 Å². The number of aliphatic carboxylic acids is 1. The van der Waals surface area contributed by atoms with Gasteiger partial charge in [-0.2, -0.15) is 0 Å². The molecule has 1 aromatic rings. The quantitative estimate of drug-likeness (QED) is 0.756. The third-order valence-electron chi connectivity index (χ3n) is 1.71. The molecule has 14 heavy (non-hydrogen) atoms. The second-order valence-electron chi connectivity index (χ2n) is 2.75. The Morgan fingerprint density at radius 1 is 1.50 bits per heavy atom. The third-order valence-corrected chi connectivity index (χ3v) is 2.94. The van der Waals surface area contributed by atoms with E-state index in [4.69, 9.17) is 5.11 Å². The van der Waals surface area contributed by atoms with Crippen molar-refractivity contribution in [3.63, 3.8) is 0 Å². The zero-order valence-corrected chi connectivity index (χ0v) is 8.54. The van der Waals surface area contributed by atoms with Crippen LogP contribution in [0.2, 0.25) is 0 Å². The van der Waals surface area contributed by atoms with Gasteiger partial charge in [0, 0.05) is 5.75 Å². The summed E-state index contributed by atoms with van der Waals surface area (Å²) in [5.74, 6) is -0.158. The summed E-state index contributed by atoms with van der Waals surface area (Å²) in [6, 6.07) is 9.23. The van der Waals surface area contributed by atoms with Crippen molar-refractivity contribution in [1.82, 2.24) is 0 Å². The highest BCUT2D eigenvalue weighted by Crippen LogP contribution is 2.28. The number of rotatable bonds is 5. The Morgan fingerprint density at radius 2 is 2.14 bits per heavy atom. The molecule has 3 heteroatoms. The average molecular weight is 208 g/mol. The highest BCUT2D eigenvalue weighted by molar-refractivity contribution is 8.00. The van der Waals surface area contributed by atoms with Gasteiger partial charge >= 0.3 is 5.97 Å². The number of carbonyl (C=O) groups is 1. The van der Waals surface area contributed by atoms with Gasteiger partial charge in [0.15, 0.2) is 0 Å². The Morgan fingerprint density at radius 3 is 2.64 bits per heavy atom. The van der Waals surface area contributed by atoms with Gasteiger partial charge in [-0.25, -0.2) is 0 Å².